The van der Waals surface area contributed by atoms with Crippen molar-refractivity contribution in [1.29, 1.82) is 0 Å². The summed E-state index contributed by atoms with van der Waals surface area (Å²) in [7, 11) is 1.80. The zero-order valence-electron chi connectivity index (χ0n) is 13.7. The molecule has 2 heterocycles. The Kier molecular flexibility index (Phi) is 4.69. The maximum atomic E-state index is 12.9. The normalized spacial score (nSPS) is 18.2. The van der Waals surface area contributed by atoms with E-state index >= 15 is 0 Å². The topological polar surface area (TPSA) is 47.4 Å². The number of amides is 1. The van der Waals surface area contributed by atoms with Crippen molar-refractivity contribution in [3.8, 4) is 5.75 Å². The molecule has 1 aromatic carbocycles. The first-order chi connectivity index (χ1) is 11.8. The molecule has 1 saturated heterocycles. The number of alkyl halides is 3. The lowest BCUT2D eigenvalue weighted by Crippen LogP contribution is -2.38. The van der Waals surface area contributed by atoms with E-state index in [-0.39, 0.29) is 17.5 Å². The van der Waals surface area contributed by atoms with Gasteiger partial charge in [0.2, 0.25) is 0 Å². The molecule has 0 radical (unpaired) electrons. The van der Waals surface area contributed by atoms with Crippen molar-refractivity contribution in [3.63, 3.8) is 0 Å². The highest BCUT2D eigenvalue weighted by Gasteiger charge is 2.32. The first-order valence-corrected chi connectivity index (χ1v) is 7.99. The number of halogens is 3. The van der Waals surface area contributed by atoms with Gasteiger partial charge in [0.25, 0.3) is 5.91 Å². The number of aromatic nitrogens is 2. The molecule has 5 nitrogen and oxygen atoms in total. The molecule has 0 unspecified atom stereocenters. The largest absolute Gasteiger partial charge is 0.573 e. The van der Waals surface area contributed by atoms with Gasteiger partial charge < -0.3 is 9.64 Å². The summed E-state index contributed by atoms with van der Waals surface area (Å²) in [6.45, 7) is 0.558. The van der Waals surface area contributed by atoms with E-state index in [1.165, 1.54) is 18.2 Å². The Labute approximate surface area is 143 Å². The third-order valence-electron chi connectivity index (χ3n) is 4.19. The molecule has 3 rings (SSSR count). The average Bonchev–Trinajstić information content (AvgIpc) is 2.99. The van der Waals surface area contributed by atoms with Gasteiger partial charge in [-0.15, -0.1) is 13.2 Å². The fourth-order valence-corrected chi connectivity index (χ4v) is 3.13. The van der Waals surface area contributed by atoms with E-state index < -0.39 is 12.1 Å². The number of ether oxygens (including phenoxy) is 1. The van der Waals surface area contributed by atoms with Gasteiger partial charge in [0.05, 0.1) is 12.2 Å². The molecule has 1 fully saturated rings. The molecule has 0 spiro atoms. The summed E-state index contributed by atoms with van der Waals surface area (Å²) in [6, 6.07) is 5.07. The molecule has 8 heteroatoms. The summed E-state index contributed by atoms with van der Waals surface area (Å²) in [4.78, 5) is 14.6. The summed E-state index contributed by atoms with van der Waals surface area (Å²) in [5, 5.41) is 4.15. The van der Waals surface area contributed by atoms with Crippen LogP contribution >= 0.6 is 0 Å². The summed E-state index contributed by atoms with van der Waals surface area (Å²) in [6.07, 6.45) is 1.45. The first kappa shape index (κ1) is 17.3. The maximum absolute atomic E-state index is 12.9. The Bertz CT molecular complexity index is 758. The fraction of sp³-hybridized carbons (Fsp3) is 0.412. The van der Waals surface area contributed by atoms with Gasteiger partial charge in [-0.3, -0.25) is 9.48 Å². The molecule has 1 amide bonds. The van der Waals surface area contributed by atoms with Gasteiger partial charge in [-0.2, -0.15) is 5.10 Å². The molecule has 1 aromatic heterocycles. The number of nitrogens with zero attached hydrogens (tertiary/aromatic N) is 3. The molecule has 0 bridgehead atoms. The minimum atomic E-state index is -4.79. The zero-order valence-corrected chi connectivity index (χ0v) is 13.7. The highest BCUT2D eigenvalue weighted by molar-refractivity contribution is 5.95. The second-order valence-electron chi connectivity index (χ2n) is 6.03. The summed E-state index contributed by atoms with van der Waals surface area (Å²) in [5.41, 5.74) is 1.11. The Morgan fingerprint density at radius 1 is 1.32 bits per heavy atom. The van der Waals surface area contributed by atoms with E-state index in [1.54, 1.807) is 22.8 Å². The standard InChI is InChI=1S/C17H18F3N3O2/c1-22-11-13(10-21-22)15-7-2-3-8-23(15)16(24)12-5-4-6-14(9-12)25-17(18,19)20/h4-6,9-11,15H,2-3,7-8H2,1H3/t15-/m0/s1. The van der Waals surface area contributed by atoms with E-state index in [9.17, 15) is 18.0 Å². The van der Waals surface area contributed by atoms with Crippen molar-refractivity contribution in [2.24, 2.45) is 7.05 Å². The van der Waals surface area contributed by atoms with E-state index in [1.807, 2.05) is 6.20 Å². The molecule has 1 atom stereocenters. The molecule has 0 saturated carbocycles. The molecule has 0 N–H and O–H groups in total. The molecular weight excluding hydrogens is 335 g/mol. The number of benzene rings is 1. The summed E-state index contributed by atoms with van der Waals surface area (Å²) < 4.78 is 42.7. The summed E-state index contributed by atoms with van der Waals surface area (Å²) >= 11 is 0. The van der Waals surface area contributed by atoms with Crippen LogP contribution in [-0.4, -0.2) is 33.5 Å². The highest BCUT2D eigenvalue weighted by Crippen LogP contribution is 2.32. The van der Waals surface area contributed by atoms with Gasteiger partial charge in [-0.05, 0) is 37.5 Å². The Hall–Kier alpha value is -2.51. The molecule has 25 heavy (non-hydrogen) atoms. The van der Waals surface area contributed by atoms with Crippen LogP contribution in [0.15, 0.2) is 36.7 Å². The molecular formula is C17H18F3N3O2. The van der Waals surface area contributed by atoms with Crippen molar-refractivity contribution >= 4 is 5.91 Å². The summed E-state index contributed by atoms with van der Waals surface area (Å²) in [5.74, 6) is -0.700. The van der Waals surface area contributed by atoms with Crippen LogP contribution in [0.5, 0.6) is 5.75 Å². The van der Waals surface area contributed by atoms with Crippen molar-refractivity contribution in [1.82, 2.24) is 14.7 Å². The number of carbonyl (C=O) groups is 1. The Morgan fingerprint density at radius 2 is 2.12 bits per heavy atom. The van der Waals surface area contributed by atoms with Crippen molar-refractivity contribution in [2.75, 3.05) is 6.54 Å². The van der Waals surface area contributed by atoms with Crippen LogP contribution in [-0.2, 0) is 7.05 Å². The predicted molar refractivity (Wildman–Crippen MR) is 84.0 cm³/mol. The van der Waals surface area contributed by atoms with Crippen LogP contribution in [0.3, 0.4) is 0 Å². The maximum Gasteiger partial charge on any atom is 0.573 e. The van der Waals surface area contributed by atoms with Gasteiger partial charge in [0.15, 0.2) is 0 Å². The number of likely N-dealkylation sites (tertiary alicyclic amines) is 1. The highest BCUT2D eigenvalue weighted by atomic mass is 19.4. The number of hydrogen-bond donors (Lipinski definition) is 0. The Morgan fingerprint density at radius 3 is 2.80 bits per heavy atom. The van der Waals surface area contributed by atoms with Crippen LogP contribution in [0.4, 0.5) is 13.2 Å². The SMILES string of the molecule is Cn1cc([C@@H]2CCCCN2C(=O)c2cccc(OC(F)(F)F)c2)cn1. The number of piperidine rings is 1. The van der Waals surface area contributed by atoms with E-state index in [2.05, 4.69) is 9.84 Å². The van der Waals surface area contributed by atoms with Crippen LogP contribution in [0.2, 0.25) is 0 Å². The van der Waals surface area contributed by atoms with Crippen molar-refractivity contribution in [2.45, 2.75) is 31.7 Å². The average molecular weight is 353 g/mol. The van der Waals surface area contributed by atoms with Crippen molar-refractivity contribution < 1.29 is 22.7 Å². The van der Waals surface area contributed by atoms with Gasteiger partial charge in [0.1, 0.15) is 5.75 Å². The monoisotopic (exact) mass is 353 g/mol. The molecule has 134 valence electrons. The molecule has 1 aliphatic heterocycles. The van der Waals surface area contributed by atoms with Gasteiger partial charge >= 0.3 is 6.36 Å². The van der Waals surface area contributed by atoms with E-state index in [0.717, 1.165) is 30.9 Å². The third kappa shape index (κ3) is 4.12. The van der Waals surface area contributed by atoms with Gasteiger partial charge in [-0.1, -0.05) is 6.07 Å². The van der Waals surface area contributed by atoms with Crippen LogP contribution < -0.4 is 4.74 Å². The number of hydrogen-bond acceptors (Lipinski definition) is 3. The molecule has 2 aromatic rings. The Balaban J connectivity index is 1.84. The lowest BCUT2D eigenvalue weighted by atomic mass is 9.96. The minimum absolute atomic E-state index is 0.123. The molecule has 1 aliphatic rings. The second kappa shape index (κ2) is 6.78. The quantitative estimate of drug-likeness (QED) is 0.846. The molecule has 0 aliphatic carbocycles. The second-order valence-corrected chi connectivity index (χ2v) is 6.03. The predicted octanol–water partition coefficient (Wildman–Crippen LogP) is 3.69. The van der Waals surface area contributed by atoms with E-state index in [0.29, 0.717) is 6.54 Å². The van der Waals surface area contributed by atoms with Crippen LogP contribution in [0, 0.1) is 0 Å². The number of aryl methyl sites for hydroxylation is 1. The van der Waals surface area contributed by atoms with Crippen molar-refractivity contribution in [3.05, 3.63) is 47.8 Å². The van der Waals surface area contributed by atoms with Gasteiger partial charge in [0, 0.05) is 30.9 Å². The number of rotatable bonds is 3. The van der Waals surface area contributed by atoms with Crippen LogP contribution in [0.1, 0.15) is 41.2 Å². The van der Waals surface area contributed by atoms with E-state index in [4.69, 9.17) is 0 Å². The van der Waals surface area contributed by atoms with Gasteiger partial charge in [-0.25, -0.2) is 0 Å². The number of carbonyl (C=O) groups excluding carboxylic acids is 1. The fourth-order valence-electron chi connectivity index (χ4n) is 3.13. The smallest absolute Gasteiger partial charge is 0.406 e. The lowest BCUT2D eigenvalue weighted by molar-refractivity contribution is -0.274. The minimum Gasteiger partial charge on any atom is -0.406 e. The zero-order chi connectivity index (χ0) is 18.0. The van der Waals surface area contributed by atoms with Crippen LogP contribution in [0.25, 0.3) is 0 Å². The third-order valence-corrected chi connectivity index (χ3v) is 4.19. The first-order valence-electron chi connectivity index (χ1n) is 7.99. The lowest BCUT2D eigenvalue weighted by Gasteiger charge is -2.35.